The summed E-state index contributed by atoms with van der Waals surface area (Å²) in [6.07, 6.45) is 3.04. The molecule has 0 atom stereocenters. The molecule has 2 aromatic heterocycles. The number of carbonyl (C=O) groups is 1. The van der Waals surface area contributed by atoms with Gasteiger partial charge in [-0.15, -0.1) is 0 Å². The van der Waals surface area contributed by atoms with Gasteiger partial charge in [0.25, 0.3) is 0 Å². The van der Waals surface area contributed by atoms with E-state index in [4.69, 9.17) is 10.7 Å². The molecule has 5 rings (SSSR count). The van der Waals surface area contributed by atoms with E-state index in [1.165, 1.54) is 0 Å². The molecule has 0 bridgehead atoms. The third-order valence-electron chi connectivity index (χ3n) is 5.22. The lowest BCUT2D eigenvalue weighted by atomic mass is 9.90. The number of benzene rings is 2. The largest absolute Gasteiger partial charge is 0.399 e. The SMILES string of the molecule is Nc1cccc(Cc2nc3c(c4c2[nH]c2ccccc24)C(=O)CCC3)c1. The molecule has 4 aromatic rings. The second-order valence-electron chi connectivity index (χ2n) is 7.00. The molecule has 1 aliphatic rings. The van der Waals surface area contributed by atoms with Gasteiger partial charge in [-0.3, -0.25) is 9.78 Å². The molecule has 2 aromatic carbocycles. The summed E-state index contributed by atoms with van der Waals surface area (Å²) < 4.78 is 0. The van der Waals surface area contributed by atoms with Crippen LogP contribution in [0.15, 0.2) is 48.5 Å². The van der Waals surface area contributed by atoms with Gasteiger partial charge in [0.05, 0.1) is 16.9 Å². The standard InChI is InChI=1S/C22H19N3O/c23-14-6-3-5-13(11-14)12-18-22-20(15-7-1-2-8-16(15)25-22)21-17(24-18)9-4-10-19(21)26/h1-3,5-8,11,25H,4,9-10,12,23H2. The van der Waals surface area contributed by atoms with Crippen molar-refractivity contribution >= 4 is 33.3 Å². The van der Waals surface area contributed by atoms with Crippen LogP contribution in [0, 0.1) is 0 Å². The van der Waals surface area contributed by atoms with Gasteiger partial charge in [0.1, 0.15) is 0 Å². The first-order valence-electron chi connectivity index (χ1n) is 9.00. The summed E-state index contributed by atoms with van der Waals surface area (Å²) in [7, 11) is 0. The molecule has 4 nitrogen and oxygen atoms in total. The van der Waals surface area contributed by atoms with E-state index in [1.54, 1.807) is 0 Å². The van der Waals surface area contributed by atoms with E-state index in [0.717, 1.165) is 62.8 Å². The zero-order valence-corrected chi connectivity index (χ0v) is 14.4. The summed E-state index contributed by atoms with van der Waals surface area (Å²) in [6, 6.07) is 16.1. The lowest BCUT2D eigenvalue weighted by Gasteiger charge is -2.17. The molecule has 3 N–H and O–H groups in total. The minimum absolute atomic E-state index is 0.212. The maximum absolute atomic E-state index is 12.7. The first-order valence-corrected chi connectivity index (χ1v) is 9.00. The predicted octanol–water partition coefficient (Wildman–Crippen LogP) is 4.41. The number of aryl methyl sites for hydroxylation is 1. The predicted molar refractivity (Wildman–Crippen MR) is 105 cm³/mol. The number of nitrogens with one attached hydrogen (secondary N) is 1. The number of nitrogen functional groups attached to an aromatic ring is 1. The van der Waals surface area contributed by atoms with Crippen LogP contribution in [0.4, 0.5) is 5.69 Å². The molecular formula is C22H19N3O. The third kappa shape index (κ3) is 2.30. The quantitative estimate of drug-likeness (QED) is 0.531. The number of pyridine rings is 1. The number of Topliss-reactive ketones (excluding diaryl/α,β-unsaturated/α-hetero) is 1. The second-order valence-corrected chi connectivity index (χ2v) is 7.00. The van der Waals surface area contributed by atoms with Crippen LogP contribution in [0.3, 0.4) is 0 Å². The highest BCUT2D eigenvalue weighted by Crippen LogP contribution is 2.35. The Morgan fingerprint density at radius 2 is 1.96 bits per heavy atom. The van der Waals surface area contributed by atoms with Crippen LogP contribution in [0.5, 0.6) is 0 Å². The fourth-order valence-corrected chi connectivity index (χ4v) is 4.08. The van der Waals surface area contributed by atoms with Crippen molar-refractivity contribution in [1.29, 1.82) is 0 Å². The van der Waals surface area contributed by atoms with Crippen molar-refractivity contribution in [3.63, 3.8) is 0 Å². The second kappa shape index (κ2) is 5.70. The van der Waals surface area contributed by atoms with Gasteiger partial charge in [-0.1, -0.05) is 30.3 Å². The molecule has 0 saturated carbocycles. The Hall–Kier alpha value is -3.14. The number of para-hydroxylation sites is 1. The molecule has 2 heterocycles. The summed E-state index contributed by atoms with van der Waals surface area (Å²) in [4.78, 5) is 21.1. The van der Waals surface area contributed by atoms with E-state index in [9.17, 15) is 4.79 Å². The Balaban J connectivity index is 1.81. The zero-order chi connectivity index (χ0) is 17.7. The maximum Gasteiger partial charge on any atom is 0.165 e. The first-order chi connectivity index (χ1) is 12.7. The highest BCUT2D eigenvalue weighted by atomic mass is 16.1. The van der Waals surface area contributed by atoms with Crippen molar-refractivity contribution < 1.29 is 4.79 Å². The van der Waals surface area contributed by atoms with Crippen molar-refractivity contribution in [2.24, 2.45) is 0 Å². The molecule has 0 unspecified atom stereocenters. The Bertz CT molecular complexity index is 1170. The number of H-pyrrole nitrogens is 1. The van der Waals surface area contributed by atoms with Gasteiger partial charge in [-0.05, 0) is 36.6 Å². The van der Waals surface area contributed by atoms with Crippen LogP contribution in [0.1, 0.15) is 40.2 Å². The number of aromatic nitrogens is 2. The number of nitrogens with zero attached hydrogens (tertiary/aromatic N) is 1. The lowest BCUT2D eigenvalue weighted by molar-refractivity contribution is 0.0973. The van der Waals surface area contributed by atoms with Crippen LogP contribution in [-0.4, -0.2) is 15.8 Å². The molecule has 128 valence electrons. The van der Waals surface area contributed by atoms with Gasteiger partial charge >= 0.3 is 0 Å². The Kier molecular flexibility index (Phi) is 3.32. The van der Waals surface area contributed by atoms with Gasteiger partial charge in [0.2, 0.25) is 0 Å². The molecule has 4 heteroatoms. The number of hydrogen-bond donors (Lipinski definition) is 2. The van der Waals surface area contributed by atoms with E-state index in [-0.39, 0.29) is 5.78 Å². The number of fused-ring (bicyclic) bond motifs is 5. The molecule has 0 aliphatic heterocycles. The van der Waals surface area contributed by atoms with E-state index >= 15 is 0 Å². The average Bonchev–Trinajstić information content (AvgIpc) is 3.02. The van der Waals surface area contributed by atoms with Crippen molar-refractivity contribution in [2.45, 2.75) is 25.7 Å². The fraction of sp³-hybridized carbons (Fsp3) is 0.182. The summed E-state index contributed by atoms with van der Waals surface area (Å²) in [6.45, 7) is 0. The number of ketones is 1. The van der Waals surface area contributed by atoms with Crippen molar-refractivity contribution in [1.82, 2.24) is 9.97 Å². The van der Waals surface area contributed by atoms with Crippen molar-refractivity contribution in [3.8, 4) is 0 Å². The Labute approximate surface area is 151 Å². The van der Waals surface area contributed by atoms with E-state index in [1.807, 2.05) is 30.3 Å². The van der Waals surface area contributed by atoms with Crippen molar-refractivity contribution in [2.75, 3.05) is 5.73 Å². The highest BCUT2D eigenvalue weighted by Gasteiger charge is 2.25. The highest BCUT2D eigenvalue weighted by molar-refractivity contribution is 6.19. The molecule has 26 heavy (non-hydrogen) atoms. The first kappa shape index (κ1) is 15.1. The topological polar surface area (TPSA) is 71.8 Å². The molecule has 0 fully saturated rings. The summed E-state index contributed by atoms with van der Waals surface area (Å²) in [5.74, 6) is 0.212. The van der Waals surface area contributed by atoms with Gasteiger partial charge in [-0.25, -0.2) is 0 Å². The van der Waals surface area contributed by atoms with Crippen LogP contribution >= 0.6 is 0 Å². The summed E-state index contributed by atoms with van der Waals surface area (Å²) in [5.41, 5.74) is 12.6. The maximum atomic E-state index is 12.7. The normalized spacial score (nSPS) is 14.1. The lowest BCUT2D eigenvalue weighted by Crippen LogP contribution is -2.14. The number of nitrogens with two attached hydrogens (primary N) is 1. The smallest absolute Gasteiger partial charge is 0.165 e. The Morgan fingerprint density at radius 3 is 2.85 bits per heavy atom. The summed E-state index contributed by atoms with van der Waals surface area (Å²) in [5, 5.41) is 2.14. The zero-order valence-electron chi connectivity index (χ0n) is 14.4. The van der Waals surface area contributed by atoms with Gasteiger partial charge in [0.15, 0.2) is 5.78 Å². The minimum atomic E-state index is 0.212. The fourth-order valence-electron chi connectivity index (χ4n) is 4.08. The number of hydrogen-bond acceptors (Lipinski definition) is 3. The van der Waals surface area contributed by atoms with E-state index in [2.05, 4.69) is 23.2 Å². The third-order valence-corrected chi connectivity index (χ3v) is 5.22. The van der Waals surface area contributed by atoms with Crippen LogP contribution in [-0.2, 0) is 12.8 Å². The van der Waals surface area contributed by atoms with Gasteiger partial charge in [-0.2, -0.15) is 0 Å². The molecule has 0 radical (unpaired) electrons. The monoisotopic (exact) mass is 341 g/mol. The van der Waals surface area contributed by atoms with Crippen molar-refractivity contribution in [3.05, 3.63) is 71.0 Å². The molecule has 0 amide bonds. The molecule has 0 spiro atoms. The molecule has 1 aliphatic carbocycles. The van der Waals surface area contributed by atoms with Gasteiger partial charge < -0.3 is 10.7 Å². The summed E-state index contributed by atoms with van der Waals surface area (Å²) >= 11 is 0. The number of aromatic amines is 1. The van der Waals surface area contributed by atoms with Crippen LogP contribution < -0.4 is 5.73 Å². The number of anilines is 1. The minimum Gasteiger partial charge on any atom is -0.399 e. The van der Waals surface area contributed by atoms with Crippen LogP contribution in [0.25, 0.3) is 21.8 Å². The molecule has 0 saturated heterocycles. The molecular weight excluding hydrogens is 322 g/mol. The van der Waals surface area contributed by atoms with Gasteiger partial charge in [0, 0.05) is 40.4 Å². The number of rotatable bonds is 2. The van der Waals surface area contributed by atoms with Crippen LogP contribution in [0.2, 0.25) is 0 Å². The van der Waals surface area contributed by atoms with E-state index in [0.29, 0.717) is 12.8 Å². The number of carbonyl (C=O) groups excluding carboxylic acids is 1. The average molecular weight is 341 g/mol. The van der Waals surface area contributed by atoms with E-state index < -0.39 is 0 Å². The Morgan fingerprint density at radius 1 is 1.08 bits per heavy atom.